The summed E-state index contributed by atoms with van der Waals surface area (Å²) < 4.78 is 35.7. The number of hydrogen-bond acceptors (Lipinski definition) is 5. The van der Waals surface area contributed by atoms with Crippen molar-refractivity contribution in [2.45, 2.75) is 31.2 Å². The summed E-state index contributed by atoms with van der Waals surface area (Å²) in [7, 11) is -1.98. The average molecular weight is 474 g/mol. The number of aromatic nitrogens is 1. The van der Waals surface area contributed by atoms with Crippen molar-refractivity contribution in [3.63, 3.8) is 0 Å². The van der Waals surface area contributed by atoms with Crippen LogP contribution in [0.3, 0.4) is 0 Å². The predicted octanol–water partition coefficient (Wildman–Crippen LogP) is 3.19. The van der Waals surface area contributed by atoms with Gasteiger partial charge in [-0.05, 0) is 49.6 Å². The molecule has 0 bridgehead atoms. The maximum Gasteiger partial charge on any atom is 0.252 e. The predicted molar refractivity (Wildman–Crippen MR) is 125 cm³/mol. The van der Waals surface area contributed by atoms with Crippen molar-refractivity contribution in [3.05, 3.63) is 58.9 Å². The molecule has 2 heterocycles. The molecule has 9 heteroatoms. The summed E-state index contributed by atoms with van der Waals surface area (Å²) in [5.74, 6) is -0.725. The SMILES string of the molecule is COCCn1c(=NC(=O)C2CCCN(S(=O)(=O)c3ccccc3)C2)sc2cc(C)ccc21. The summed E-state index contributed by atoms with van der Waals surface area (Å²) in [4.78, 5) is 18.5. The second-order valence-electron chi connectivity index (χ2n) is 7.97. The molecule has 1 unspecified atom stereocenters. The van der Waals surface area contributed by atoms with Gasteiger partial charge in [-0.1, -0.05) is 35.6 Å². The molecule has 1 aliphatic rings. The fourth-order valence-electron chi connectivity index (χ4n) is 3.95. The number of piperidine rings is 1. The Hall–Kier alpha value is -2.33. The third-order valence-corrected chi connectivity index (χ3v) is 8.60. The third kappa shape index (κ3) is 4.71. The van der Waals surface area contributed by atoms with Crippen LogP contribution < -0.4 is 4.80 Å². The molecule has 4 rings (SSSR count). The molecular formula is C23H27N3O4S2. The van der Waals surface area contributed by atoms with Crippen LogP contribution >= 0.6 is 11.3 Å². The number of carbonyl (C=O) groups is 1. The normalized spacial score (nSPS) is 18.3. The highest BCUT2D eigenvalue weighted by Gasteiger charge is 2.33. The Morgan fingerprint density at radius 3 is 2.75 bits per heavy atom. The minimum Gasteiger partial charge on any atom is -0.383 e. The second kappa shape index (κ2) is 9.66. The Morgan fingerprint density at radius 2 is 2.00 bits per heavy atom. The van der Waals surface area contributed by atoms with Gasteiger partial charge in [0.25, 0.3) is 5.91 Å². The zero-order valence-corrected chi connectivity index (χ0v) is 19.9. The van der Waals surface area contributed by atoms with E-state index in [-0.39, 0.29) is 17.3 Å². The highest BCUT2D eigenvalue weighted by Crippen LogP contribution is 2.25. The standard InChI is InChI=1S/C23H27N3O4S2/c1-17-10-11-20-21(15-17)31-23(26(20)13-14-30-2)24-22(27)18-7-6-12-25(16-18)32(28,29)19-8-4-3-5-9-19/h3-5,8-11,15,18H,6-7,12-14,16H2,1-2H3. The van der Waals surface area contributed by atoms with E-state index in [9.17, 15) is 13.2 Å². The van der Waals surface area contributed by atoms with Crippen molar-refractivity contribution in [2.24, 2.45) is 10.9 Å². The first-order valence-electron chi connectivity index (χ1n) is 10.6. The number of rotatable bonds is 6. The van der Waals surface area contributed by atoms with Gasteiger partial charge in [-0.2, -0.15) is 9.30 Å². The Bertz CT molecular complexity index is 1280. The number of hydrogen-bond donors (Lipinski definition) is 0. The highest BCUT2D eigenvalue weighted by atomic mass is 32.2. The lowest BCUT2D eigenvalue weighted by molar-refractivity contribution is -0.122. The minimum atomic E-state index is -3.63. The Kier molecular flexibility index (Phi) is 6.90. The van der Waals surface area contributed by atoms with Crippen LogP contribution in [-0.4, -0.2) is 50.0 Å². The van der Waals surface area contributed by atoms with Crippen LogP contribution in [0.2, 0.25) is 0 Å². The van der Waals surface area contributed by atoms with Crippen LogP contribution in [0.25, 0.3) is 10.2 Å². The number of sulfonamides is 1. The Balaban J connectivity index is 1.62. The molecule has 3 aromatic rings. The fraction of sp³-hybridized carbons (Fsp3) is 0.391. The van der Waals surface area contributed by atoms with Gasteiger partial charge in [0.2, 0.25) is 10.0 Å². The molecule has 1 fully saturated rings. The Labute approximate surface area is 192 Å². The van der Waals surface area contributed by atoms with Crippen molar-refractivity contribution < 1.29 is 17.9 Å². The topological polar surface area (TPSA) is 81.0 Å². The van der Waals surface area contributed by atoms with E-state index < -0.39 is 15.9 Å². The van der Waals surface area contributed by atoms with Crippen LogP contribution in [0, 0.1) is 12.8 Å². The minimum absolute atomic E-state index is 0.154. The summed E-state index contributed by atoms with van der Waals surface area (Å²) >= 11 is 1.47. The zero-order valence-electron chi connectivity index (χ0n) is 18.2. The number of benzene rings is 2. The van der Waals surface area contributed by atoms with E-state index in [2.05, 4.69) is 11.1 Å². The fourth-order valence-corrected chi connectivity index (χ4v) is 6.66. The van der Waals surface area contributed by atoms with Crippen LogP contribution in [0.1, 0.15) is 18.4 Å². The van der Waals surface area contributed by atoms with E-state index in [4.69, 9.17) is 4.74 Å². The molecule has 1 atom stereocenters. The van der Waals surface area contributed by atoms with Crippen molar-refractivity contribution >= 4 is 37.5 Å². The molecular weight excluding hydrogens is 446 g/mol. The number of nitrogens with zero attached hydrogens (tertiary/aromatic N) is 3. The van der Waals surface area contributed by atoms with E-state index in [1.54, 1.807) is 37.4 Å². The number of amides is 1. The first-order valence-corrected chi connectivity index (χ1v) is 12.9. The molecule has 1 amide bonds. The smallest absolute Gasteiger partial charge is 0.252 e. The molecule has 0 radical (unpaired) electrons. The molecule has 170 valence electrons. The molecule has 0 saturated carbocycles. The molecule has 0 N–H and O–H groups in total. The van der Waals surface area contributed by atoms with Gasteiger partial charge in [0.15, 0.2) is 4.80 Å². The molecule has 0 spiro atoms. The maximum absolute atomic E-state index is 13.1. The zero-order chi connectivity index (χ0) is 22.7. The summed E-state index contributed by atoms with van der Waals surface area (Å²) in [6, 6.07) is 14.5. The monoisotopic (exact) mass is 473 g/mol. The quantitative estimate of drug-likeness (QED) is 0.551. The first-order chi connectivity index (χ1) is 15.4. The molecule has 1 saturated heterocycles. The molecule has 2 aromatic carbocycles. The molecule has 1 aromatic heterocycles. The van der Waals surface area contributed by atoms with E-state index >= 15 is 0 Å². The Morgan fingerprint density at radius 1 is 1.22 bits per heavy atom. The lowest BCUT2D eigenvalue weighted by Crippen LogP contribution is -2.42. The maximum atomic E-state index is 13.1. The van der Waals surface area contributed by atoms with Gasteiger partial charge < -0.3 is 9.30 Å². The van der Waals surface area contributed by atoms with Gasteiger partial charge in [0, 0.05) is 26.7 Å². The summed E-state index contributed by atoms with van der Waals surface area (Å²) in [6.45, 7) is 3.70. The first kappa shape index (κ1) is 22.8. The van der Waals surface area contributed by atoms with Crippen LogP contribution in [-0.2, 0) is 26.1 Å². The number of aryl methyl sites for hydroxylation is 1. The van der Waals surface area contributed by atoms with Crippen LogP contribution in [0.5, 0.6) is 0 Å². The van der Waals surface area contributed by atoms with Crippen LogP contribution in [0.4, 0.5) is 0 Å². The lowest BCUT2D eigenvalue weighted by atomic mass is 9.99. The van der Waals surface area contributed by atoms with Gasteiger partial charge in [-0.25, -0.2) is 8.42 Å². The molecule has 7 nitrogen and oxygen atoms in total. The second-order valence-corrected chi connectivity index (χ2v) is 10.9. The van der Waals surface area contributed by atoms with Crippen LogP contribution in [0.15, 0.2) is 58.4 Å². The van der Waals surface area contributed by atoms with Gasteiger partial charge >= 0.3 is 0 Å². The summed E-state index contributed by atoms with van der Waals surface area (Å²) in [6.07, 6.45) is 1.26. The number of thiazole rings is 1. The molecule has 1 aliphatic heterocycles. The number of methoxy groups -OCH3 is 1. The van der Waals surface area contributed by atoms with E-state index in [1.807, 2.05) is 23.6 Å². The largest absolute Gasteiger partial charge is 0.383 e. The molecule has 32 heavy (non-hydrogen) atoms. The highest BCUT2D eigenvalue weighted by molar-refractivity contribution is 7.89. The number of fused-ring (bicyclic) bond motifs is 1. The molecule has 0 aliphatic carbocycles. The van der Waals surface area contributed by atoms with Gasteiger partial charge in [-0.15, -0.1) is 0 Å². The van der Waals surface area contributed by atoms with E-state index in [0.29, 0.717) is 37.3 Å². The lowest BCUT2D eigenvalue weighted by Gasteiger charge is -2.30. The van der Waals surface area contributed by atoms with Gasteiger partial charge in [0.1, 0.15) is 0 Å². The number of ether oxygens (including phenoxy) is 1. The van der Waals surface area contributed by atoms with Crippen molar-refractivity contribution in [1.29, 1.82) is 0 Å². The van der Waals surface area contributed by atoms with Crippen molar-refractivity contribution in [2.75, 3.05) is 26.8 Å². The third-order valence-electron chi connectivity index (χ3n) is 5.68. The summed E-state index contributed by atoms with van der Waals surface area (Å²) in [5, 5.41) is 0. The van der Waals surface area contributed by atoms with E-state index in [1.165, 1.54) is 15.6 Å². The van der Waals surface area contributed by atoms with Crippen molar-refractivity contribution in [3.8, 4) is 0 Å². The van der Waals surface area contributed by atoms with E-state index in [0.717, 1.165) is 15.8 Å². The van der Waals surface area contributed by atoms with Gasteiger partial charge in [-0.3, -0.25) is 4.79 Å². The summed E-state index contributed by atoms with van der Waals surface area (Å²) in [5.41, 5.74) is 2.16. The number of carbonyl (C=O) groups excluding carboxylic acids is 1. The van der Waals surface area contributed by atoms with Crippen molar-refractivity contribution in [1.82, 2.24) is 8.87 Å². The van der Waals surface area contributed by atoms with Gasteiger partial charge in [0.05, 0.1) is 27.6 Å². The average Bonchev–Trinajstić information content (AvgIpc) is 3.14.